The molecule has 1 aromatic carbocycles. The first-order chi connectivity index (χ1) is 17.1. The maximum atomic E-state index is 13.6. The van der Waals surface area contributed by atoms with Crippen molar-refractivity contribution in [3.05, 3.63) is 57.2 Å². The van der Waals surface area contributed by atoms with Crippen LogP contribution in [0.5, 0.6) is 5.75 Å². The fourth-order valence-corrected chi connectivity index (χ4v) is 5.07. The van der Waals surface area contributed by atoms with Crippen molar-refractivity contribution in [1.29, 1.82) is 0 Å². The van der Waals surface area contributed by atoms with E-state index in [4.69, 9.17) is 23.3 Å². The number of benzene rings is 1. The van der Waals surface area contributed by atoms with Crippen molar-refractivity contribution in [3.8, 4) is 5.75 Å². The number of aromatic nitrogens is 2. The standard InChI is InChI=1S/C23H31BrN3O8P/c1-5-6-16(3)33-22(28)17(4)26-36(30,35-19-9-7-18(24)8-10-19)32-14-21-31-13-20(34-21)27-12-11-15(2)25-23(27)29/h7-12,16-17,20-21H,5-6,13-14H2,1-4H3,(H,26,30)/t16-,17-,20-,21-,36?/m0/s1. The summed E-state index contributed by atoms with van der Waals surface area (Å²) in [4.78, 5) is 28.5. The third-order valence-corrected chi connectivity index (χ3v) is 7.32. The molecule has 1 aliphatic rings. The molecule has 0 bridgehead atoms. The Labute approximate surface area is 218 Å². The summed E-state index contributed by atoms with van der Waals surface area (Å²) in [5, 5.41) is 2.63. The van der Waals surface area contributed by atoms with Gasteiger partial charge in [-0.1, -0.05) is 29.3 Å². The number of nitrogens with one attached hydrogen (secondary N) is 1. The van der Waals surface area contributed by atoms with Crippen LogP contribution in [0, 0.1) is 6.92 Å². The molecule has 2 heterocycles. The van der Waals surface area contributed by atoms with Crippen molar-refractivity contribution >= 4 is 29.6 Å². The molecule has 5 atom stereocenters. The third-order valence-electron chi connectivity index (χ3n) is 5.15. The Morgan fingerprint density at radius 2 is 2.03 bits per heavy atom. The smallest absolute Gasteiger partial charge is 0.459 e. The quantitative estimate of drug-likeness (QED) is 0.286. The van der Waals surface area contributed by atoms with Gasteiger partial charge in [-0.15, -0.1) is 0 Å². The molecule has 3 rings (SSSR count). The molecule has 11 nitrogen and oxygen atoms in total. The van der Waals surface area contributed by atoms with Gasteiger partial charge >= 0.3 is 19.4 Å². The molecular weight excluding hydrogens is 557 g/mol. The highest BCUT2D eigenvalue weighted by atomic mass is 79.9. The van der Waals surface area contributed by atoms with E-state index in [0.717, 1.165) is 10.9 Å². The number of carbonyl (C=O) groups excluding carboxylic acids is 1. The van der Waals surface area contributed by atoms with Gasteiger partial charge in [-0.3, -0.25) is 13.9 Å². The van der Waals surface area contributed by atoms with E-state index in [2.05, 4.69) is 26.0 Å². The summed E-state index contributed by atoms with van der Waals surface area (Å²) < 4.78 is 43.7. The van der Waals surface area contributed by atoms with Gasteiger partial charge in [0.2, 0.25) is 0 Å². The monoisotopic (exact) mass is 587 g/mol. The Morgan fingerprint density at radius 3 is 2.69 bits per heavy atom. The SMILES string of the molecule is CCC[C@H](C)OC(=O)[C@H](C)NP(=O)(OC[C@H]1OC[C@@H](n2ccc(C)nc2=O)O1)Oc1ccc(Br)cc1. The van der Waals surface area contributed by atoms with E-state index in [1.807, 2.05) is 6.92 Å². The normalized spacial score (nSPS) is 20.9. The number of ether oxygens (including phenoxy) is 3. The minimum atomic E-state index is -4.09. The molecule has 0 aliphatic carbocycles. The zero-order valence-corrected chi connectivity index (χ0v) is 23.1. The topological polar surface area (TPSA) is 127 Å². The second-order valence-electron chi connectivity index (χ2n) is 8.34. The van der Waals surface area contributed by atoms with E-state index >= 15 is 0 Å². The Bertz CT molecular complexity index is 1130. The summed E-state index contributed by atoms with van der Waals surface area (Å²) in [6, 6.07) is 7.32. The van der Waals surface area contributed by atoms with Gasteiger partial charge in [0, 0.05) is 16.4 Å². The number of halogens is 1. The fourth-order valence-electron chi connectivity index (χ4n) is 3.33. The highest BCUT2D eigenvalue weighted by molar-refractivity contribution is 9.10. The van der Waals surface area contributed by atoms with E-state index in [0.29, 0.717) is 12.1 Å². The maximum Gasteiger partial charge on any atom is 0.459 e. The van der Waals surface area contributed by atoms with Gasteiger partial charge in [0.25, 0.3) is 0 Å². The van der Waals surface area contributed by atoms with E-state index < -0.39 is 38.0 Å². The number of rotatable bonds is 12. The summed E-state index contributed by atoms with van der Waals surface area (Å²) >= 11 is 3.33. The zero-order chi connectivity index (χ0) is 26.3. The average Bonchev–Trinajstić information content (AvgIpc) is 3.28. The molecule has 0 saturated carbocycles. The lowest BCUT2D eigenvalue weighted by Crippen LogP contribution is -2.37. The van der Waals surface area contributed by atoms with Gasteiger partial charge in [0.05, 0.1) is 12.7 Å². The molecule has 36 heavy (non-hydrogen) atoms. The predicted molar refractivity (Wildman–Crippen MR) is 134 cm³/mol. The Hall–Kier alpha value is -2.08. The number of carbonyl (C=O) groups is 1. The molecule has 0 spiro atoms. The number of esters is 1. The van der Waals surface area contributed by atoms with Gasteiger partial charge in [-0.2, -0.15) is 10.1 Å². The van der Waals surface area contributed by atoms with Crippen LogP contribution in [-0.2, 0) is 28.1 Å². The second-order valence-corrected chi connectivity index (χ2v) is 10.9. The minimum absolute atomic E-state index is 0.0714. The van der Waals surface area contributed by atoms with Crippen LogP contribution in [0.2, 0.25) is 0 Å². The van der Waals surface area contributed by atoms with Gasteiger partial charge < -0.3 is 18.7 Å². The van der Waals surface area contributed by atoms with Crippen LogP contribution in [0.15, 0.2) is 45.8 Å². The maximum absolute atomic E-state index is 13.6. The van der Waals surface area contributed by atoms with E-state index in [-0.39, 0.29) is 25.1 Å². The molecular formula is C23H31BrN3O8P. The van der Waals surface area contributed by atoms with Crippen molar-refractivity contribution in [2.75, 3.05) is 13.2 Å². The Balaban J connectivity index is 1.67. The van der Waals surface area contributed by atoms with Crippen molar-refractivity contribution in [2.24, 2.45) is 0 Å². The van der Waals surface area contributed by atoms with E-state index in [1.165, 1.54) is 11.5 Å². The molecule has 1 saturated heterocycles. The van der Waals surface area contributed by atoms with Crippen LogP contribution >= 0.6 is 23.7 Å². The molecule has 1 fully saturated rings. The Kier molecular flexibility index (Phi) is 10.2. The molecule has 1 aliphatic heterocycles. The highest BCUT2D eigenvalue weighted by Gasteiger charge is 2.36. The van der Waals surface area contributed by atoms with Crippen molar-refractivity contribution < 1.29 is 32.6 Å². The third kappa shape index (κ3) is 8.22. The lowest BCUT2D eigenvalue weighted by molar-refractivity contribution is -0.150. The fraction of sp³-hybridized carbons (Fsp3) is 0.522. The van der Waals surface area contributed by atoms with Crippen LogP contribution in [-0.4, -0.2) is 47.2 Å². The first-order valence-electron chi connectivity index (χ1n) is 11.6. The molecule has 1 N–H and O–H groups in total. The lowest BCUT2D eigenvalue weighted by atomic mass is 10.2. The van der Waals surface area contributed by atoms with Gasteiger partial charge in [0.1, 0.15) is 18.4 Å². The van der Waals surface area contributed by atoms with Gasteiger partial charge in [0.15, 0.2) is 12.5 Å². The van der Waals surface area contributed by atoms with Crippen molar-refractivity contribution in [2.45, 2.75) is 65.2 Å². The van der Waals surface area contributed by atoms with Gasteiger partial charge in [-0.25, -0.2) is 9.36 Å². The first kappa shape index (κ1) is 28.5. The predicted octanol–water partition coefficient (Wildman–Crippen LogP) is 4.10. The summed E-state index contributed by atoms with van der Waals surface area (Å²) in [5.74, 6) is -0.323. The van der Waals surface area contributed by atoms with Crippen molar-refractivity contribution in [3.63, 3.8) is 0 Å². The highest BCUT2D eigenvalue weighted by Crippen LogP contribution is 2.45. The van der Waals surface area contributed by atoms with Crippen LogP contribution in [0.3, 0.4) is 0 Å². The summed E-state index contributed by atoms with van der Waals surface area (Å²) in [7, 11) is -4.09. The number of nitrogens with zero attached hydrogens (tertiary/aromatic N) is 2. The molecule has 0 radical (unpaired) electrons. The molecule has 1 unspecified atom stereocenters. The number of hydrogen-bond donors (Lipinski definition) is 1. The van der Waals surface area contributed by atoms with Crippen LogP contribution in [0.1, 0.15) is 45.5 Å². The molecule has 2 aromatic rings. The van der Waals surface area contributed by atoms with Crippen LogP contribution in [0.25, 0.3) is 0 Å². The molecule has 1 aromatic heterocycles. The van der Waals surface area contributed by atoms with Crippen LogP contribution in [0.4, 0.5) is 0 Å². The Morgan fingerprint density at radius 1 is 1.31 bits per heavy atom. The van der Waals surface area contributed by atoms with Crippen LogP contribution < -0.4 is 15.3 Å². The van der Waals surface area contributed by atoms with E-state index in [1.54, 1.807) is 50.4 Å². The van der Waals surface area contributed by atoms with Gasteiger partial charge in [-0.05, 0) is 57.5 Å². The lowest BCUT2D eigenvalue weighted by Gasteiger charge is -2.24. The first-order valence-corrected chi connectivity index (χ1v) is 13.9. The molecule has 198 valence electrons. The van der Waals surface area contributed by atoms with E-state index in [9.17, 15) is 14.2 Å². The average molecular weight is 588 g/mol. The molecule has 13 heteroatoms. The molecule has 0 amide bonds. The zero-order valence-electron chi connectivity index (χ0n) is 20.6. The largest absolute Gasteiger partial charge is 0.462 e. The summed E-state index contributed by atoms with van der Waals surface area (Å²) in [6.07, 6.45) is 1.21. The number of aryl methyl sites for hydroxylation is 1. The van der Waals surface area contributed by atoms with Crippen molar-refractivity contribution in [1.82, 2.24) is 14.6 Å². The number of hydrogen-bond acceptors (Lipinski definition) is 9. The second kappa shape index (κ2) is 12.9. The summed E-state index contributed by atoms with van der Waals surface area (Å²) in [6.45, 7) is 6.79. The summed E-state index contributed by atoms with van der Waals surface area (Å²) in [5.41, 5.74) is 0.115. The minimum Gasteiger partial charge on any atom is -0.462 e.